The topological polar surface area (TPSA) is 26.3 Å². The van der Waals surface area contributed by atoms with Crippen LogP contribution in [-0.4, -0.2) is 5.78 Å². The molecule has 2 aromatic carbocycles. The Balaban J connectivity index is 2.36. The normalized spacial score (nSPS) is 16.6. The molecule has 2 nitrogen and oxygen atoms in total. The second-order valence-corrected chi connectivity index (χ2v) is 3.75. The number of Topliss-reactive ketones (excluding diaryl/α,β-unsaturated/α-hetero) is 1. The third-order valence-electron chi connectivity index (χ3n) is 2.82. The van der Waals surface area contributed by atoms with Crippen molar-refractivity contribution in [3.8, 4) is 5.75 Å². The second-order valence-electron chi connectivity index (χ2n) is 3.75. The lowest BCUT2D eigenvalue weighted by atomic mass is 10.0. The Bertz CT molecular complexity index is 624. The maximum Gasteiger partial charge on any atom is 0.231 e. The fourth-order valence-electron chi connectivity index (χ4n) is 2.01. The van der Waals surface area contributed by atoms with Crippen molar-refractivity contribution < 1.29 is 9.53 Å². The van der Waals surface area contributed by atoms with Crippen LogP contribution >= 0.6 is 0 Å². The van der Waals surface area contributed by atoms with Crippen molar-refractivity contribution in [1.29, 1.82) is 0 Å². The van der Waals surface area contributed by atoms with E-state index in [4.69, 9.17) is 4.74 Å². The first kappa shape index (κ1) is 9.16. The molecule has 1 aliphatic heterocycles. The number of allylic oxidation sites excluding steroid dienone is 2. The van der Waals surface area contributed by atoms with Gasteiger partial charge in [0.05, 0.1) is 5.56 Å². The second kappa shape index (κ2) is 3.20. The molecule has 2 aromatic rings. The van der Waals surface area contributed by atoms with Crippen molar-refractivity contribution in [1.82, 2.24) is 0 Å². The van der Waals surface area contributed by atoms with Crippen LogP contribution in [-0.2, 0) is 0 Å². The van der Waals surface area contributed by atoms with Crippen LogP contribution in [0, 0.1) is 0 Å². The van der Waals surface area contributed by atoms with Crippen LogP contribution in [0.5, 0.6) is 5.75 Å². The average molecular weight is 210 g/mol. The third-order valence-corrected chi connectivity index (χ3v) is 2.82. The minimum Gasteiger partial charge on any atom is -0.452 e. The number of fused-ring (bicyclic) bond motifs is 3. The first-order valence-corrected chi connectivity index (χ1v) is 5.22. The van der Waals surface area contributed by atoms with Crippen molar-refractivity contribution >= 4 is 16.6 Å². The van der Waals surface area contributed by atoms with Gasteiger partial charge in [-0.1, -0.05) is 30.3 Å². The number of rotatable bonds is 0. The number of hydrogen-bond donors (Lipinski definition) is 0. The molecule has 2 heteroatoms. The molecule has 0 radical (unpaired) electrons. The maximum atomic E-state index is 11.9. The SMILES string of the molecule is C/C=C1\Oc2c(ccc3ccccc23)C1=O. The smallest absolute Gasteiger partial charge is 0.231 e. The van der Waals surface area contributed by atoms with Gasteiger partial charge in [0.1, 0.15) is 5.75 Å². The molecule has 0 saturated carbocycles. The molecule has 0 saturated heterocycles. The Morgan fingerprint density at radius 3 is 2.75 bits per heavy atom. The van der Waals surface area contributed by atoms with Crippen molar-refractivity contribution in [2.24, 2.45) is 0 Å². The van der Waals surface area contributed by atoms with E-state index in [0.29, 0.717) is 17.1 Å². The van der Waals surface area contributed by atoms with Crippen molar-refractivity contribution in [3.63, 3.8) is 0 Å². The van der Waals surface area contributed by atoms with E-state index in [0.717, 1.165) is 10.8 Å². The highest BCUT2D eigenvalue weighted by atomic mass is 16.5. The summed E-state index contributed by atoms with van der Waals surface area (Å²) in [6.45, 7) is 1.81. The Labute approximate surface area is 93.2 Å². The number of hydrogen-bond acceptors (Lipinski definition) is 2. The van der Waals surface area contributed by atoms with Crippen molar-refractivity contribution in [3.05, 3.63) is 53.8 Å². The standard InChI is InChI=1S/C14H10O2/c1-2-12-13(15)11-8-7-9-5-3-4-6-10(9)14(11)16-12/h2-8H,1H3/b12-2-. The first-order chi connectivity index (χ1) is 7.81. The Morgan fingerprint density at radius 2 is 1.94 bits per heavy atom. The van der Waals surface area contributed by atoms with Crippen LogP contribution in [0.3, 0.4) is 0 Å². The summed E-state index contributed by atoms with van der Waals surface area (Å²) in [5.74, 6) is 1.09. The van der Waals surface area contributed by atoms with Gasteiger partial charge in [-0.15, -0.1) is 0 Å². The van der Waals surface area contributed by atoms with Gasteiger partial charge in [0.2, 0.25) is 5.78 Å². The summed E-state index contributed by atoms with van der Waals surface area (Å²) in [5, 5.41) is 2.08. The quantitative estimate of drug-likeness (QED) is 0.623. The fraction of sp³-hybridized carbons (Fsp3) is 0.0714. The molecule has 3 rings (SSSR count). The lowest BCUT2D eigenvalue weighted by molar-refractivity contribution is 0.101. The minimum absolute atomic E-state index is 0.0248. The van der Waals surface area contributed by atoms with E-state index in [-0.39, 0.29) is 5.78 Å². The van der Waals surface area contributed by atoms with Crippen molar-refractivity contribution in [2.45, 2.75) is 6.92 Å². The Morgan fingerprint density at radius 1 is 1.12 bits per heavy atom. The highest BCUT2D eigenvalue weighted by molar-refractivity contribution is 6.15. The molecule has 0 fully saturated rings. The van der Waals surface area contributed by atoms with Gasteiger partial charge < -0.3 is 4.74 Å². The van der Waals surface area contributed by atoms with E-state index in [1.165, 1.54) is 0 Å². The lowest BCUT2D eigenvalue weighted by Gasteiger charge is -2.02. The molecule has 0 amide bonds. The van der Waals surface area contributed by atoms with Crippen LogP contribution in [0.15, 0.2) is 48.2 Å². The highest BCUT2D eigenvalue weighted by Gasteiger charge is 2.27. The maximum absolute atomic E-state index is 11.9. The molecule has 0 bridgehead atoms. The van der Waals surface area contributed by atoms with Crippen LogP contribution in [0.4, 0.5) is 0 Å². The summed E-state index contributed by atoms with van der Waals surface area (Å²) in [6.07, 6.45) is 1.71. The van der Waals surface area contributed by atoms with E-state index in [9.17, 15) is 4.79 Å². The highest BCUT2D eigenvalue weighted by Crippen LogP contribution is 2.37. The molecule has 0 spiro atoms. The van der Waals surface area contributed by atoms with Crippen molar-refractivity contribution in [2.75, 3.05) is 0 Å². The molecule has 0 aliphatic carbocycles. The summed E-state index contributed by atoms with van der Waals surface area (Å²) >= 11 is 0. The van der Waals surface area contributed by atoms with Crippen LogP contribution in [0.1, 0.15) is 17.3 Å². The number of benzene rings is 2. The summed E-state index contributed by atoms with van der Waals surface area (Å²) < 4.78 is 5.59. The van der Waals surface area contributed by atoms with E-state index >= 15 is 0 Å². The molecule has 0 aromatic heterocycles. The zero-order valence-electron chi connectivity index (χ0n) is 8.86. The van der Waals surface area contributed by atoms with E-state index in [1.807, 2.05) is 36.4 Å². The van der Waals surface area contributed by atoms with Gasteiger partial charge in [-0.25, -0.2) is 0 Å². The molecule has 0 N–H and O–H groups in total. The predicted octanol–water partition coefficient (Wildman–Crippen LogP) is 3.32. The molecule has 1 heterocycles. The largest absolute Gasteiger partial charge is 0.452 e. The number of carbonyl (C=O) groups is 1. The van der Waals surface area contributed by atoms with E-state index in [2.05, 4.69) is 0 Å². The summed E-state index contributed by atoms with van der Waals surface area (Å²) in [4.78, 5) is 11.9. The zero-order chi connectivity index (χ0) is 11.1. The van der Waals surface area contributed by atoms with Crippen LogP contribution in [0.2, 0.25) is 0 Å². The molecule has 78 valence electrons. The molecule has 1 aliphatic rings. The Hall–Kier alpha value is -2.09. The Kier molecular flexibility index (Phi) is 1.83. The number of carbonyl (C=O) groups excluding carboxylic acids is 1. The third kappa shape index (κ3) is 1.10. The number of ketones is 1. The summed E-state index contributed by atoms with van der Waals surface area (Å²) in [5.41, 5.74) is 0.659. The average Bonchev–Trinajstić information content (AvgIpc) is 2.67. The predicted molar refractivity (Wildman–Crippen MR) is 62.7 cm³/mol. The van der Waals surface area contributed by atoms with Gasteiger partial charge in [-0.3, -0.25) is 4.79 Å². The van der Waals surface area contributed by atoms with Gasteiger partial charge in [0, 0.05) is 5.39 Å². The molecule has 0 unspecified atom stereocenters. The zero-order valence-corrected chi connectivity index (χ0v) is 8.86. The first-order valence-electron chi connectivity index (χ1n) is 5.22. The van der Waals surface area contributed by atoms with Gasteiger partial charge in [0.25, 0.3) is 0 Å². The van der Waals surface area contributed by atoms with Gasteiger partial charge >= 0.3 is 0 Å². The molecular weight excluding hydrogens is 200 g/mol. The van der Waals surface area contributed by atoms with Gasteiger partial charge in [-0.2, -0.15) is 0 Å². The minimum atomic E-state index is -0.0248. The summed E-state index contributed by atoms with van der Waals surface area (Å²) in [6, 6.07) is 11.7. The van der Waals surface area contributed by atoms with Gasteiger partial charge in [-0.05, 0) is 24.5 Å². The molecular formula is C14H10O2. The molecule has 0 atom stereocenters. The monoisotopic (exact) mass is 210 g/mol. The van der Waals surface area contributed by atoms with E-state index in [1.54, 1.807) is 13.0 Å². The van der Waals surface area contributed by atoms with Crippen LogP contribution in [0.25, 0.3) is 10.8 Å². The molecule has 16 heavy (non-hydrogen) atoms. The van der Waals surface area contributed by atoms with Gasteiger partial charge in [0.15, 0.2) is 5.76 Å². The van der Waals surface area contributed by atoms with E-state index < -0.39 is 0 Å². The fourth-order valence-corrected chi connectivity index (χ4v) is 2.01. The summed E-state index contributed by atoms with van der Waals surface area (Å²) in [7, 11) is 0. The lowest BCUT2D eigenvalue weighted by Crippen LogP contribution is -1.96. The number of ether oxygens (including phenoxy) is 1. The van der Waals surface area contributed by atoms with Crippen LogP contribution < -0.4 is 4.74 Å².